The molecule has 0 bridgehead atoms. The molecule has 0 unspecified atom stereocenters. The summed E-state index contributed by atoms with van der Waals surface area (Å²) < 4.78 is 0. The van der Waals surface area contributed by atoms with Gasteiger partial charge in [0.15, 0.2) is 0 Å². The predicted molar refractivity (Wildman–Crippen MR) is 48.1 cm³/mol. The van der Waals surface area contributed by atoms with Crippen molar-refractivity contribution in [1.82, 2.24) is 16.0 Å². The quantitative estimate of drug-likeness (QED) is 0.506. The first kappa shape index (κ1) is 9.98. The summed E-state index contributed by atoms with van der Waals surface area (Å²) in [5, 5.41) is 8.05. The van der Waals surface area contributed by atoms with Crippen LogP contribution in [0.1, 0.15) is 12.8 Å². The molecule has 1 aliphatic rings. The molecule has 2 amide bonds. The monoisotopic (exact) mass is 185 g/mol. The minimum absolute atomic E-state index is 0.0630. The summed E-state index contributed by atoms with van der Waals surface area (Å²) in [5.41, 5.74) is 0. The Morgan fingerprint density at radius 1 is 1.54 bits per heavy atom. The molecule has 0 aromatic carbocycles. The summed E-state index contributed by atoms with van der Waals surface area (Å²) in [7, 11) is 1.54. The zero-order chi connectivity index (χ0) is 9.68. The van der Waals surface area contributed by atoms with Crippen LogP contribution in [0, 0.1) is 0 Å². The summed E-state index contributed by atoms with van der Waals surface area (Å²) in [6, 6.07) is -0.107. The first-order valence-electron chi connectivity index (χ1n) is 4.45. The van der Waals surface area contributed by atoms with Gasteiger partial charge in [-0.2, -0.15) is 0 Å². The number of hydrogen-bond acceptors (Lipinski definition) is 3. The second-order valence-electron chi connectivity index (χ2n) is 3.04. The maximum Gasteiger partial charge on any atom is 0.239 e. The number of amides is 2. The lowest BCUT2D eigenvalue weighted by Gasteiger charge is -2.09. The summed E-state index contributed by atoms with van der Waals surface area (Å²) in [5.74, 6) is -0.257. The van der Waals surface area contributed by atoms with Gasteiger partial charge in [-0.1, -0.05) is 0 Å². The minimum atomic E-state index is -0.175. The van der Waals surface area contributed by atoms with Gasteiger partial charge in [-0.15, -0.1) is 0 Å². The largest absolute Gasteiger partial charge is 0.358 e. The molecule has 3 N–H and O–H groups in total. The lowest BCUT2D eigenvalue weighted by molar-refractivity contribution is -0.126. The van der Waals surface area contributed by atoms with Gasteiger partial charge in [0.25, 0.3) is 0 Å². The second-order valence-corrected chi connectivity index (χ2v) is 3.04. The first-order valence-corrected chi connectivity index (χ1v) is 4.45. The van der Waals surface area contributed by atoms with Gasteiger partial charge in [0.05, 0.1) is 12.6 Å². The maximum absolute atomic E-state index is 11.3. The zero-order valence-corrected chi connectivity index (χ0v) is 7.72. The van der Waals surface area contributed by atoms with Crippen LogP contribution < -0.4 is 16.0 Å². The highest BCUT2D eigenvalue weighted by atomic mass is 16.2. The van der Waals surface area contributed by atoms with Gasteiger partial charge in [0.1, 0.15) is 0 Å². The number of rotatable bonds is 3. The smallest absolute Gasteiger partial charge is 0.239 e. The Kier molecular flexibility index (Phi) is 3.70. The maximum atomic E-state index is 11.3. The molecule has 1 heterocycles. The summed E-state index contributed by atoms with van der Waals surface area (Å²) in [4.78, 5) is 22.1. The average Bonchev–Trinajstić information content (AvgIpc) is 2.66. The topological polar surface area (TPSA) is 70.2 Å². The fourth-order valence-electron chi connectivity index (χ4n) is 1.29. The van der Waals surface area contributed by atoms with Crippen molar-refractivity contribution in [3.63, 3.8) is 0 Å². The van der Waals surface area contributed by atoms with Crippen LogP contribution in [-0.2, 0) is 9.59 Å². The molecule has 0 aromatic heterocycles. The average molecular weight is 185 g/mol. The second kappa shape index (κ2) is 4.81. The Bertz CT molecular complexity index is 200. The Balaban J connectivity index is 2.20. The molecule has 0 aromatic rings. The van der Waals surface area contributed by atoms with E-state index >= 15 is 0 Å². The van der Waals surface area contributed by atoms with Gasteiger partial charge in [0.2, 0.25) is 11.8 Å². The molecule has 1 atom stereocenters. The van der Waals surface area contributed by atoms with E-state index in [-0.39, 0.29) is 24.4 Å². The summed E-state index contributed by atoms with van der Waals surface area (Å²) in [6.45, 7) is 0.950. The van der Waals surface area contributed by atoms with Gasteiger partial charge < -0.3 is 16.0 Å². The normalized spacial score (nSPS) is 21.2. The lowest BCUT2D eigenvalue weighted by atomic mass is 10.2. The molecule has 0 radical (unpaired) electrons. The molecule has 0 spiro atoms. The number of carbonyl (C=O) groups is 2. The van der Waals surface area contributed by atoms with E-state index in [9.17, 15) is 9.59 Å². The van der Waals surface area contributed by atoms with Crippen molar-refractivity contribution in [2.75, 3.05) is 20.1 Å². The van der Waals surface area contributed by atoms with Crippen molar-refractivity contribution >= 4 is 11.8 Å². The van der Waals surface area contributed by atoms with E-state index in [1.165, 1.54) is 0 Å². The lowest BCUT2D eigenvalue weighted by Crippen LogP contribution is -2.44. The number of hydrogen-bond donors (Lipinski definition) is 3. The molecule has 0 saturated carbocycles. The molecule has 13 heavy (non-hydrogen) atoms. The number of carbonyl (C=O) groups excluding carboxylic acids is 2. The van der Waals surface area contributed by atoms with Crippen LogP contribution in [0.25, 0.3) is 0 Å². The molecular weight excluding hydrogens is 170 g/mol. The van der Waals surface area contributed by atoms with Gasteiger partial charge in [-0.25, -0.2) is 0 Å². The molecule has 1 fully saturated rings. The van der Waals surface area contributed by atoms with E-state index in [0.717, 1.165) is 19.4 Å². The van der Waals surface area contributed by atoms with Gasteiger partial charge in [-0.05, 0) is 19.4 Å². The molecular formula is C8H15N3O2. The standard InChI is InChI=1S/C8H15N3O2/c1-9-7(12)5-11-8(13)6-3-2-4-10-6/h6,10H,2-5H2,1H3,(H,9,12)(H,11,13)/t6-/m1/s1. The third-order valence-electron chi connectivity index (χ3n) is 2.08. The van der Waals surface area contributed by atoms with E-state index in [4.69, 9.17) is 0 Å². The van der Waals surface area contributed by atoms with Crippen LogP contribution in [0.5, 0.6) is 0 Å². The first-order chi connectivity index (χ1) is 6.24. The minimum Gasteiger partial charge on any atom is -0.358 e. The fraction of sp³-hybridized carbons (Fsp3) is 0.750. The van der Waals surface area contributed by atoms with Crippen molar-refractivity contribution < 1.29 is 9.59 Å². The van der Waals surface area contributed by atoms with E-state index in [1.54, 1.807) is 7.05 Å². The highest BCUT2D eigenvalue weighted by Crippen LogP contribution is 2.03. The Morgan fingerprint density at radius 2 is 2.31 bits per heavy atom. The Labute approximate surface area is 77.3 Å². The predicted octanol–water partition coefficient (Wildman–Crippen LogP) is -1.40. The van der Waals surface area contributed by atoms with Crippen molar-refractivity contribution in [3.8, 4) is 0 Å². The molecule has 0 aliphatic carbocycles. The Hall–Kier alpha value is -1.10. The van der Waals surface area contributed by atoms with Gasteiger partial charge in [0, 0.05) is 7.05 Å². The van der Waals surface area contributed by atoms with Crippen molar-refractivity contribution in [2.45, 2.75) is 18.9 Å². The Morgan fingerprint density at radius 3 is 2.85 bits per heavy atom. The van der Waals surface area contributed by atoms with E-state index in [2.05, 4.69) is 16.0 Å². The van der Waals surface area contributed by atoms with Gasteiger partial charge in [-0.3, -0.25) is 9.59 Å². The fourth-order valence-corrected chi connectivity index (χ4v) is 1.29. The van der Waals surface area contributed by atoms with Crippen molar-refractivity contribution in [1.29, 1.82) is 0 Å². The zero-order valence-electron chi connectivity index (χ0n) is 7.72. The third kappa shape index (κ3) is 3.02. The summed E-state index contributed by atoms with van der Waals surface area (Å²) >= 11 is 0. The van der Waals surface area contributed by atoms with Crippen LogP contribution in [-0.4, -0.2) is 38.0 Å². The molecule has 1 aliphatic heterocycles. The molecule has 74 valence electrons. The summed E-state index contributed by atoms with van der Waals surface area (Å²) in [6.07, 6.45) is 1.89. The number of nitrogens with one attached hydrogen (secondary N) is 3. The van der Waals surface area contributed by atoms with E-state index in [1.807, 2.05) is 0 Å². The van der Waals surface area contributed by atoms with Crippen molar-refractivity contribution in [2.24, 2.45) is 0 Å². The molecule has 1 rings (SSSR count). The van der Waals surface area contributed by atoms with Crippen LogP contribution in [0.4, 0.5) is 0 Å². The SMILES string of the molecule is CNC(=O)CNC(=O)[C@H]1CCCN1. The van der Waals surface area contributed by atoms with Gasteiger partial charge >= 0.3 is 0 Å². The molecule has 5 heteroatoms. The van der Waals surface area contributed by atoms with Crippen LogP contribution in [0.3, 0.4) is 0 Å². The van der Waals surface area contributed by atoms with E-state index in [0.29, 0.717) is 0 Å². The number of likely N-dealkylation sites (N-methyl/N-ethyl adjacent to an activating group) is 1. The third-order valence-corrected chi connectivity index (χ3v) is 2.08. The van der Waals surface area contributed by atoms with Crippen molar-refractivity contribution in [3.05, 3.63) is 0 Å². The highest BCUT2D eigenvalue weighted by Gasteiger charge is 2.21. The van der Waals surface area contributed by atoms with Crippen LogP contribution in [0.15, 0.2) is 0 Å². The van der Waals surface area contributed by atoms with E-state index < -0.39 is 0 Å². The van der Waals surface area contributed by atoms with Crippen LogP contribution in [0.2, 0.25) is 0 Å². The van der Waals surface area contributed by atoms with Crippen LogP contribution >= 0.6 is 0 Å². The molecule has 1 saturated heterocycles. The molecule has 5 nitrogen and oxygen atoms in total. The highest BCUT2D eigenvalue weighted by molar-refractivity contribution is 5.87.